The number of rotatable bonds is 6. The van der Waals surface area contributed by atoms with Gasteiger partial charge in [-0.25, -0.2) is 0 Å². The number of alkyl halides is 3. The van der Waals surface area contributed by atoms with E-state index in [0.717, 1.165) is 0 Å². The SMILES string of the molecule is CO[C@@H]1C(=O)[C@H](OC)C[C@]2(CO2)[C@H]1C1(C)O[C@@H]1CCOC(F)(F)F. The number of methoxy groups -OCH3 is 2. The second-order valence-corrected chi connectivity index (χ2v) is 6.69. The van der Waals surface area contributed by atoms with Crippen molar-refractivity contribution in [1.82, 2.24) is 0 Å². The Labute approximate surface area is 137 Å². The Hall–Kier alpha value is -0.740. The van der Waals surface area contributed by atoms with E-state index in [1.807, 2.05) is 0 Å². The van der Waals surface area contributed by atoms with Crippen LogP contribution in [0.3, 0.4) is 0 Å². The number of Topliss-reactive ketones (excluding diaryl/α,β-unsaturated/α-hetero) is 1. The van der Waals surface area contributed by atoms with Crippen molar-refractivity contribution < 1.29 is 41.7 Å². The van der Waals surface area contributed by atoms with E-state index < -0.39 is 42.5 Å². The Balaban J connectivity index is 1.70. The van der Waals surface area contributed by atoms with E-state index in [1.165, 1.54) is 14.2 Å². The Morgan fingerprint density at radius 3 is 2.46 bits per heavy atom. The Kier molecular flexibility index (Phi) is 4.45. The van der Waals surface area contributed by atoms with Crippen LogP contribution in [0.1, 0.15) is 19.8 Å². The highest BCUT2D eigenvalue weighted by Crippen LogP contribution is 2.58. The third-order valence-corrected chi connectivity index (χ3v) is 5.29. The van der Waals surface area contributed by atoms with Crippen molar-refractivity contribution in [3.05, 3.63) is 0 Å². The van der Waals surface area contributed by atoms with Crippen LogP contribution in [0.2, 0.25) is 0 Å². The third-order valence-electron chi connectivity index (χ3n) is 5.29. The number of epoxide rings is 2. The van der Waals surface area contributed by atoms with Gasteiger partial charge in [-0.3, -0.25) is 9.53 Å². The van der Waals surface area contributed by atoms with E-state index in [1.54, 1.807) is 6.92 Å². The zero-order valence-corrected chi connectivity index (χ0v) is 13.7. The first kappa shape index (κ1) is 18.1. The van der Waals surface area contributed by atoms with Gasteiger partial charge in [-0.05, 0) is 6.92 Å². The smallest absolute Gasteiger partial charge is 0.373 e. The largest absolute Gasteiger partial charge is 0.522 e. The first-order valence-corrected chi connectivity index (χ1v) is 7.78. The van der Waals surface area contributed by atoms with E-state index in [2.05, 4.69) is 4.74 Å². The highest BCUT2D eigenvalue weighted by Gasteiger charge is 2.73. The average molecular weight is 354 g/mol. The molecule has 3 aliphatic rings. The first-order valence-electron chi connectivity index (χ1n) is 7.78. The summed E-state index contributed by atoms with van der Waals surface area (Å²) in [5.41, 5.74) is -1.36. The maximum Gasteiger partial charge on any atom is 0.522 e. The molecule has 6 nitrogen and oxygen atoms in total. The lowest BCUT2D eigenvalue weighted by Crippen LogP contribution is -2.58. The molecule has 3 rings (SSSR count). The van der Waals surface area contributed by atoms with Gasteiger partial charge >= 0.3 is 6.36 Å². The molecule has 0 amide bonds. The number of hydrogen-bond acceptors (Lipinski definition) is 6. The van der Waals surface area contributed by atoms with Gasteiger partial charge in [0.2, 0.25) is 0 Å². The van der Waals surface area contributed by atoms with Gasteiger partial charge < -0.3 is 18.9 Å². The van der Waals surface area contributed by atoms with Gasteiger partial charge in [0.1, 0.15) is 23.4 Å². The van der Waals surface area contributed by atoms with Crippen LogP contribution >= 0.6 is 0 Å². The van der Waals surface area contributed by atoms with Gasteiger partial charge in [0.25, 0.3) is 0 Å². The number of hydrogen-bond donors (Lipinski definition) is 0. The molecule has 0 bridgehead atoms. The lowest BCUT2D eigenvalue weighted by Gasteiger charge is -2.40. The fourth-order valence-corrected chi connectivity index (χ4v) is 4.00. The highest BCUT2D eigenvalue weighted by molar-refractivity contribution is 5.89. The molecular weight excluding hydrogens is 333 g/mol. The van der Waals surface area contributed by atoms with Crippen molar-refractivity contribution in [2.24, 2.45) is 5.92 Å². The van der Waals surface area contributed by atoms with Gasteiger partial charge in [-0.1, -0.05) is 0 Å². The summed E-state index contributed by atoms with van der Waals surface area (Å²) < 4.78 is 62.0. The minimum absolute atomic E-state index is 0.0842. The summed E-state index contributed by atoms with van der Waals surface area (Å²) >= 11 is 0. The Morgan fingerprint density at radius 1 is 1.29 bits per heavy atom. The second-order valence-electron chi connectivity index (χ2n) is 6.69. The number of carbonyl (C=O) groups excluding carboxylic acids is 1. The Bertz CT molecular complexity index is 506. The number of ketones is 1. The van der Waals surface area contributed by atoms with E-state index in [4.69, 9.17) is 18.9 Å². The quantitative estimate of drug-likeness (QED) is 0.673. The first-order chi connectivity index (χ1) is 11.2. The third kappa shape index (κ3) is 3.08. The van der Waals surface area contributed by atoms with Crippen LogP contribution in [0.5, 0.6) is 0 Å². The summed E-state index contributed by atoms with van der Waals surface area (Å²) in [5.74, 6) is -0.571. The van der Waals surface area contributed by atoms with Gasteiger partial charge in [-0.15, -0.1) is 13.2 Å². The van der Waals surface area contributed by atoms with E-state index in [-0.39, 0.29) is 18.1 Å². The predicted molar refractivity (Wildman–Crippen MR) is 73.3 cm³/mol. The minimum atomic E-state index is -4.66. The van der Waals surface area contributed by atoms with E-state index in [9.17, 15) is 18.0 Å². The maximum atomic E-state index is 12.5. The molecule has 2 saturated heterocycles. The molecule has 3 fully saturated rings. The lowest BCUT2D eigenvalue weighted by molar-refractivity contribution is -0.324. The minimum Gasteiger partial charge on any atom is -0.373 e. The molecule has 9 heteroatoms. The molecule has 0 aromatic carbocycles. The van der Waals surface area contributed by atoms with Gasteiger partial charge in [-0.2, -0.15) is 0 Å². The fourth-order valence-electron chi connectivity index (χ4n) is 4.00. The highest BCUT2D eigenvalue weighted by atomic mass is 19.4. The molecule has 0 N–H and O–H groups in total. The summed E-state index contributed by atoms with van der Waals surface area (Å²) in [6.45, 7) is 1.75. The molecule has 24 heavy (non-hydrogen) atoms. The van der Waals surface area contributed by atoms with Crippen molar-refractivity contribution in [1.29, 1.82) is 0 Å². The molecule has 2 heterocycles. The molecule has 0 aromatic heterocycles. The van der Waals surface area contributed by atoms with Crippen LogP contribution in [0.4, 0.5) is 13.2 Å². The number of halogens is 3. The molecule has 0 radical (unpaired) electrons. The zero-order chi connectivity index (χ0) is 17.8. The van der Waals surface area contributed by atoms with E-state index >= 15 is 0 Å². The molecule has 1 unspecified atom stereocenters. The van der Waals surface area contributed by atoms with Gasteiger partial charge in [0.15, 0.2) is 5.78 Å². The summed E-state index contributed by atoms with van der Waals surface area (Å²) in [6.07, 6.45) is -5.99. The van der Waals surface area contributed by atoms with Crippen molar-refractivity contribution in [2.75, 3.05) is 27.4 Å². The summed E-state index contributed by atoms with van der Waals surface area (Å²) in [6, 6.07) is 0. The molecule has 0 aromatic rings. The topological polar surface area (TPSA) is 69.8 Å². The summed E-state index contributed by atoms with van der Waals surface area (Å²) in [7, 11) is 2.88. The molecular formula is C15H21F3O6. The number of carbonyl (C=O) groups is 1. The normalized spacial score (nSPS) is 44.8. The van der Waals surface area contributed by atoms with Crippen LogP contribution in [0.15, 0.2) is 0 Å². The van der Waals surface area contributed by atoms with Crippen molar-refractivity contribution >= 4 is 5.78 Å². The standard InChI is InChI=1S/C15H21F3O6/c1-13(9(24-13)4-5-22-15(16,17)18)12-11(21-3)10(19)8(20-2)6-14(12)7-23-14/h8-9,11-12H,4-7H2,1-3H3/t8-,9-,11-,12-,13?,14+/m1/s1. The van der Waals surface area contributed by atoms with E-state index in [0.29, 0.717) is 13.0 Å². The monoisotopic (exact) mass is 354 g/mol. The number of ether oxygens (including phenoxy) is 5. The molecule has 1 spiro atoms. The Morgan fingerprint density at radius 2 is 1.96 bits per heavy atom. The maximum absolute atomic E-state index is 12.5. The second kappa shape index (κ2) is 5.91. The fraction of sp³-hybridized carbons (Fsp3) is 0.933. The average Bonchev–Trinajstić information content (AvgIpc) is 3.39. The van der Waals surface area contributed by atoms with Crippen LogP contribution in [-0.2, 0) is 28.5 Å². The van der Waals surface area contributed by atoms with Crippen molar-refractivity contribution in [3.63, 3.8) is 0 Å². The molecule has 2 aliphatic heterocycles. The van der Waals surface area contributed by atoms with Crippen LogP contribution in [0, 0.1) is 5.92 Å². The van der Waals surface area contributed by atoms with Crippen molar-refractivity contribution in [3.8, 4) is 0 Å². The predicted octanol–water partition coefficient (Wildman–Crippen LogP) is 1.46. The molecule has 1 saturated carbocycles. The van der Waals surface area contributed by atoms with Gasteiger partial charge in [0.05, 0.1) is 25.2 Å². The van der Waals surface area contributed by atoms with Crippen LogP contribution in [-0.4, -0.2) is 69.1 Å². The zero-order valence-electron chi connectivity index (χ0n) is 13.7. The van der Waals surface area contributed by atoms with Gasteiger partial charge in [0, 0.05) is 27.1 Å². The summed E-state index contributed by atoms with van der Waals surface area (Å²) in [5, 5.41) is 0. The molecule has 1 aliphatic carbocycles. The summed E-state index contributed by atoms with van der Waals surface area (Å²) in [4.78, 5) is 12.5. The van der Waals surface area contributed by atoms with Crippen LogP contribution in [0.25, 0.3) is 0 Å². The van der Waals surface area contributed by atoms with Crippen molar-refractivity contribution in [2.45, 2.75) is 55.6 Å². The lowest BCUT2D eigenvalue weighted by atomic mass is 9.68. The molecule has 6 atom stereocenters. The molecule has 138 valence electrons. The van der Waals surface area contributed by atoms with Crippen LogP contribution < -0.4 is 0 Å².